The molecule has 2 aromatic rings. The van der Waals surface area contributed by atoms with Crippen molar-refractivity contribution in [3.05, 3.63) is 46.6 Å². The van der Waals surface area contributed by atoms with E-state index in [1.54, 1.807) is 18.3 Å². The maximum Gasteiger partial charge on any atom is 0.273 e. The van der Waals surface area contributed by atoms with E-state index >= 15 is 0 Å². The number of aromatic nitrogens is 1. The van der Waals surface area contributed by atoms with Gasteiger partial charge in [-0.3, -0.25) is 10.1 Å². The number of nitrogens with zero attached hydrogens (tertiary/aromatic N) is 2. The largest absolute Gasteiger partial charge is 0.493 e. The standard InChI is InChI=1S/C14H15N3O4/c1-3-15-14-9-11(6-7-16-14)21-12-5-4-10(17(18)19)8-13(12)20-2/h4-9H,3H2,1-2H3,(H,15,16). The minimum atomic E-state index is -0.484. The predicted molar refractivity (Wildman–Crippen MR) is 78.1 cm³/mol. The number of pyridine rings is 1. The summed E-state index contributed by atoms with van der Waals surface area (Å²) in [6.07, 6.45) is 1.62. The van der Waals surface area contributed by atoms with E-state index in [4.69, 9.17) is 9.47 Å². The number of nitro groups is 1. The lowest BCUT2D eigenvalue weighted by atomic mass is 10.3. The van der Waals surface area contributed by atoms with Gasteiger partial charge in [-0.05, 0) is 19.1 Å². The highest BCUT2D eigenvalue weighted by Crippen LogP contribution is 2.34. The Balaban J connectivity index is 2.26. The van der Waals surface area contributed by atoms with E-state index in [1.807, 2.05) is 6.92 Å². The quantitative estimate of drug-likeness (QED) is 0.649. The van der Waals surface area contributed by atoms with Gasteiger partial charge in [-0.25, -0.2) is 4.98 Å². The summed E-state index contributed by atoms with van der Waals surface area (Å²) in [5, 5.41) is 13.8. The maximum atomic E-state index is 10.7. The Hall–Kier alpha value is -2.83. The second-order valence-electron chi connectivity index (χ2n) is 4.10. The molecule has 0 spiro atoms. The highest BCUT2D eigenvalue weighted by Gasteiger charge is 2.13. The van der Waals surface area contributed by atoms with Crippen molar-refractivity contribution in [1.82, 2.24) is 4.98 Å². The van der Waals surface area contributed by atoms with Gasteiger partial charge in [-0.1, -0.05) is 0 Å². The van der Waals surface area contributed by atoms with Crippen molar-refractivity contribution in [2.45, 2.75) is 6.92 Å². The third-order valence-corrected chi connectivity index (χ3v) is 2.68. The maximum absolute atomic E-state index is 10.7. The molecule has 21 heavy (non-hydrogen) atoms. The Labute approximate surface area is 121 Å². The van der Waals surface area contributed by atoms with Gasteiger partial charge in [0.2, 0.25) is 0 Å². The van der Waals surface area contributed by atoms with Crippen LogP contribution in [0, 0.1) is 10.1 Å². The van der Waals surface area contributed by atoms with E-state index < -0.39 is 4.92 Å². The zero-order valence-electron chi connectivity index (χ0n) is 11.7. The first-order valence-corrected chi connectivity index (χ1v) is 6.34. The number of rotatable bonds is 6. The van der Waals surface area contributed by atoms with E-state index in [0.29, 0.717) is 23.1 Å². The number of ether oxygens (including phenoxy) is 2. The molecule has 1 aromatic heterocycles. The summed E-state index contributed by atoms with van der Waals surface area (Å²) in [5.41, 5.74) is -0.0535. The number of non-ortho nitro benzene ring substituents is 1. The van der Waals surface area contributed by atoms with Crippen LogP contribution in [0.5, 0.6) is 17.2 Å². The van der Waals surface area contributed by atoms with Crippen molar-refractivity contribution in [3.63, 3.8) is 0 Å². The Kier molecular flexibility index (Phi) is 4.55. The second-order valence-corrected chi connectivity index (χ2v) is 4.10. The van der Waals surface area contributed by atoms with Crippen LogP contribution in [0.2, 0.25) is 0 Å². The van der Waals surface area contributed by atoms with Crippen molar-refractivity contribution >= 4 is 11.5 Å². The summed E-state index contributed by atoms with van der Waals surface area (Å²) in [5.74, 6) is 1.95. The summed E-state index contributed by atoms with van der Waals surface area (Å²) in [6, 6.07) is 7.63. The molecule has 0 unspecified atom stereocenters. The molecule has 0 aliphatic carbocycles. The number of benzene rings is 1. The number of nitrogens with one attached hydrogen (secondary N) is 1. The summed E-state index contributed by atoms with van der Waals surface area (Å²) in [4.78, 5) is 14.4. The fraction of sp³-hybridized carbons (Fsp3) is 0.214. The minimum absolute atomic E-state index is 0.0535. The molecule has 0 aliphatic heterocycles. The smallest absolute Gasteiger partial charge is 0.273 e. The van der Waals surface area contributed by atoms with E-state index in [0.717, 1.165) is 6.54 Å². The molecule has 0 saturated heterocycles. The lowest BCUT2D eigenvalue weighted by Gasteiger charge is -2.11. The van der Waals surface area contributed by atoms with Gasteiger partial charge in [-0.2, -0.15) is 0 Å². The second kappa shape index (κ2) is 6.56. The van der Waals surface area contributed by atoms with E-state index in [9.17, 15) is 10.1 Å². The highest BCUT2D eigenvalue weighted by molar-refractivity contribution is 5.51. The van der Waals surface area contributed by atoms with Crippen LogP contribution in [0.4, 0.5) is 11.5 Å². The number of hydrogen-bond donors (Lipinski definition) is 1. The van der Waals surface area contributed by atoms with Gasteiger partial charge in [-0.15, -0.1) is 0 Å². The van der Waals surface area contributed by atoms with E-state index in [-0.39, 0.29) is 5.69 Å². The fourth-order valence-corrected chi connectivity index (χ4v) is 1.73. The molecule has 1 aromatic carbocycles. The van der Waals surface area contributed by atoms with Crippen LogP contribution in [0.3, 0.4) is 0 Å². The van der Waals surface area contributed by atoms with Crippen LogP contribution in [0.25, 0.3) is 0 Å². The first-order valence-electron chi connectivity index (χ1n) is 6.34. The van der Waals surface area contributed by atoms with Crippen molar-refractivity contribution in [2.75, 3.05) is 19.0 Å². The predicted octanol–water partition coefficient (Wildman–Crippen LogP) is 3.22. The number of anilines is 1. The van der Waals surface area contributed by atoms with Gasteiger partial charge in [0.15, 0.2) is 11.5 Å². The van der Waals surface area contributed by atoms with Crippen LogP contribution in [0.1, 0.15) is 6.92 Å². The van der Waals surface area contributed by atoms with Crippen LogP contribution in [-0.4, -0.2) is 23.6 Å². The molecular weight excluding hydrogens is 274 g/mol. The lowest BCUT2D eigenvalue weighted by Crippen LogP contribution is -1.99. The van der Waals surface area contributed by atoms with E-state index in [2.05, 4.69) is 10.3 Å². The zero-order valence-corrected chi connectivity index (χ0v) is 11.7. The molecule has 7 heteroatoms. The Morgan fingerprint density at radius 3 is 2.76 bits per heavy atom. The molecule has 7 nitrogen and oxygen atoms in total. The van der Waals surface area contributed by atoms with Gasteiger partial charge in [0.25, 0.3) is 5.69 Å². The van der Waals surface area contributed by atoms with Gasteiger partial charge in [0.05, 0.1) is 18.1 Å². The zero-order chi connectivity index (χ0) is 15.2. The summed E-state index contributed by atoms with van der Waals surface area (Å²) in [7, 11) is 1.43. The Morgan fingerprint density at radius 1 is 1.29 bits per heavy atom. The third kappa shape index (κ3) is 3.59. The normalized spacial score (nSPS) is 10.0. The highest BCUT2D eigenvalue weighted by atomic mass is 16.6. The van der Waals surface area contributed by atoms with Gasteiger partial charge in [0.1, 0.15) is 11.6 Å². The Morgan fingerprint density at radius 2 is 2.10 bits per heavy atom. The van der Waals surface area contributed by atoms with Crippen LogP contribution in [0.15, 0.2) is 36.5 Å². The first-order chi connectivity index (χ1) is 10.1. The Bertz CT molecular complexity index is 646. The monoisotopic (exact) mass is 289 g/mol. The number of hydrogen-bond acceptors (Lipinski definition) is 6. The molecule has 0 fully saturated rings. The van der Waals surface area contributed by atoms with Crippen LogP contribution >= 0.6 is 0 Å². The topological polar surface area (TPSA) is 86.5 Å². The van der Waals surface area contributed by atoms with Gasteiger partial charge < -0.3 is 14.8 Å². The molecule has 1 heterocycles. The minimum Gasteiger partial charge on any atom is -0.493 e. The molecule has 2 rings (SSSR count). The van der Waals surface area contributed by atoms with Crippen molar-refractivity contribution in [2.24, 2.45) is 0 Å². The SMILES string of the molecule is CCNc1cc(Oc2ccc([N+](=O)[O-])cc2OC)ccn1. The van der Waals surface area contributed by atoms with Gasteiger partial charge >= 0.3 is 0 Å². The van der Waals surface area contributed by atoms with Crippen molar-refractivity contribution in [1.29, 1.82) is 0 Å². The fourth-order valence-electron chi connectivity index (χ4n) is 1.73. The molecule has 0 atom stereocenters. The summed E-state index contributed by atoms with van der Waals surface area (Å²) < 4.78 is 10.8. The molecular formula is C14H15N3O4. The summed E-state index contributed by atoms with van der Waals surface area (Å²) >= 11 is 0. The molecule has 0 aliphatic rings. The molecule has 1 N–H and O–H groups in total. The first kappa shape index (κ1) is 14.6. The number of nitro benzene ring substituents is 1. The van der Waals surface area contributed by atoms with Crippen molar-refractivity contribution < 1.29 is 14.4 Å². The van der Waals surface area contributed by atoms with E-state index in [1.165, 1.54) is 25.3 Å². The molecule has 110 valence electrons. The number of methoxy groups -OCH3 is 1. The average Bonchev–Trinajstić information content (AvgIpc) is 2.48. The molecule has 0 bridgehead atoms. The van der Waals surface area contributed by atoms with Crippen LogP contribution in [-0.2, 0) is 0 Å². The lowest BCUT2D eigenvalue weighted by molar-refractivity contribution is -0.384. The molecule has 0 radical (unpaired) electrons. The molecule has 0 amide bonds. The van der Waals surface area contributed by atoms with Crippen molar-refractivity contribution in [3.8, 4) is 17.2 Å². The van der Waals surface area contributed by atoms with Gasteiger partial charge in [0, 0.05) is 24.9 Å². The third-order valence-electron chi connectivity index (χ3n) is 2.68. The summed E-state index contributed by atoms with van der Waals surface area (Å²) in [6.45, 7) is 2.71. The molecule has 0 saturated carbocycles. The average molecular weight is 289 g/mol. The van der Waals surface area contributed by atoms with Crippen LogP contribution < -0.4 is 14.8 Å².